The zero-order chi connectivity index (χ0) is 19.1. The number of ether oxygens (including phenoxy) is 1. The van der Waals surface area contributed by atoms with Crippen molar-refractivity contribution in [2.24, 2.45) is 0 Å². The lowest BCUT2D eigenvalue weighted by molar-refractivity contribution is -0.147. The lowest BCUT2D eigenvalue weighted by atomic mass is 10.2. The van der Waals surface area contributed by atoms with Crippen molar-refractivity contribution in [2.45, 2.75) is 39.7 Å². The van der Waals surface area contributed by atoms with E-state index in [9.17, 15) is 14.4 Å². The van der Waals surface area contributed by atoms with E-state index in [4.69, 9.17) is 4.74 Å². The molecule has 0 saturated heterocycles. The van der Waals surface area contributed by atoms with Crippen molar-refractivity contribution in [1.29, 1.82) is 0 Å². The summed E-state index contributed by atoms with van der Waals surface area (Å²) in [6.45, 7) is 5.38. The molecule has 6 heteroatoms. The second-order valence-electron chi connectivity index (χ2n) is 6.19. The first-order chi connectivity index (χ1) is 12.4. The number of anilines is 1. The number of nitrogens with zero attached hydrogens (tertiary/aromatic N) is 1. The first-order valence-electron chi connectivity index (χ1n) is 8.51. The molecule has 1 aromatic carbocycles. The van der Waals surface area contributed by atoms with Gasteiger partial charge in [-0.2, -0.15) is 0 Å². The number of hydrogen-bond donors (Lipinski definition) is 0. The van der Waals surface area contributed by atoms with Crippen molar-refractivity contribution >= 4 is 34.7 Å². The fourth-order valence-electron chi connectivity index (χ4n) is 2.53. The Hall–Kier alpha value is -2.47. The van der Waals surface area contributed by atoms with Crippen LogP contribution < -0.4 is 4.90 Å². The van der Waals surface area contributed by atoms with Crippen molar-refractivity contribution in [2.75, 3.05) is 11.5 Å². The van der Waals surface area contributed by atoms with Gasteiger partial charge in [0, 0.05) is 23.0 Å². The Bertz CT molecular complexity index is 767. The van der Waals surface area contributed by atoms with Gasteiger partial charge in [-0.3, -0.25) is 14.4 Å². The Morgan fingerprint density at radius 2 is 1.73 bits per heavy atom. The lowest BCUT2D eigenvalue weighted by Gasteiger charge is -2.26. The maximum absolute atomic E-state index is 12.4. The fraction of sp³-hybridized carbons (Fsp3) is 0.350. The summed E-state index contributed by atoms with van der Waals surface area (Å²) < 4.78 is 5.07. The minimum atomic E-state index is -0.545. The summed E-state index contributed by atoms with van der Waals surface area (Å²) in [4.78, 5) is 39.6. The molecule has 1 heterocycles. The van der Waals surface area contributed by atoms with Crippen LogP contribution >= 0.6 is 11.3 Å². The number of hydrogen-bond acceptors (Lipinski definition) is 5. The van der Waals surface area contributed by atoms with Crippen molar-refractivity contribution in [3.05, 3.63) is 52.2 Å². The molecule has 1 amide bonds. The van der Waals surface area contributed by atoms with E-state index in [1.165, 1.54) is 11.3 Å². The largest absolute Gasteiger partial charge is 0.456 e. The maximum atomic E-state index is 12.4. The van der Waals surface area contributed by atoms with Gasteiger partial charge in [0.25, 0.3) is 5.91 Å². The highest BCUT2D eigenvalue weighted by molar-refractivity contribution is 7.14. The fourth-order valence-corrected chi connectivity index (χ4v) is 3.36. The van der Waals surface area contributed by atoms with Crippen LogP contribution in [0.2, 0.25) is 0 Å². The molecule has 0 saturated carbocycles. The minimum absolute atomic E-state index is 0.0317. The van der Waals surface area contributed by atoms with Crippen LogP contribution in [0, 0.1) is 6.92 Å². The Morgan fingerprint density at radius 3 is 2.31 bits per heavy atom. The third-order valence-electron chi connectivity index (χ3n) is 3.75. The number of ketones is 1. The Labute approximate surface area is 157 Å². The summed E-state index contributed by atoms with van der Waals surface area (Å²) in [5, 5.41) is 0. The molecule has 1 aromatic heterocycles. The van der Waals surface area contributed by atoms with Gasteiger partial charge in [0.15, 0.2) is 12.4 Å². The number of Topliss-reactive ketones (excluding diaryl/α,β-unsaturated/α-hetero) is 1. The van der Waals surface area contributed by atoms with Gasteiger partial charge in [-0.15, -0.1) is 11.3 Å². The van der Waals surface area contributed by atoms with Gasteiger partial charge in [0.2, 0.25) is 0 Å². The average molecular weight is 373 g/mol. The number of esters is 1. The number of carbonyl (C=O) groups is 3. The van der Waals surface area contributed by atoms with Crippen LogP contribution in [0.1, 0.15) is 41.2 Å². The number of benzene rings is 1. The van der Waals surface area contributed by atoms with Crippen molar-refractivity contribution in [1.82, 2.24) is 0 Å². The van der Waals surface area contributed by atoms with Gasteiger partial charge in [-0.1, -0.05) is 18.2 Å². The topological polar surface area (TPSA) is 63.7 Å². The second kappa shape index (κ2) is 9.29. The molecule has 0 aliphatic heterocycles. The van der Waals surface area contributed by atoms with Gasteiger partial charge in [-0.25, -0.2) is 0 Å². The third-order valence-corrected chi connectivity index (χ3v) is 4.79. The molecule has 2 rings (SSSR count). The van der Waals surface area contributed by atoms with Crippen LogP contribution in [-0.2, 0) is 14.3 Å². The van der Waals surface area contributed by atoms with Crippen LogP contribution in [0.25, 0.3) is 0 Å². The molecule has 0 atom stereocenters. The van der Waals surface area contributed by atoms with E-state index < -0.39 is 5.97 Å². The molecule has 0 N–H and O–H groups in total. The smallest absolute Gasteiger partial charge is 0.306 e. The molecule has 0 radical (unpaired) electrons. The van der Waals surface area contributed by atoms with Crippen molar-refractivity contribution in [3.8, 4) is 0 Å². The summed E-state index contributed by atoms with van der Waals surface area (Å²) in [6.07, 6.45) is 0.0512. The molecule has 26 heavy (non-hydrogen) atoms. The number of aryl methyl sites for hydroxylation is 1. The van der Waals surface area contributed by atoms with Crippen LogP contribution in [0.4, 0.5) is 5.69 Å². The average Bonchev–Trinajstić information content (AvgIpc) is 3.05. The van der Waals surface area contributed by atoms with E-state index >= 15 is 0 Å². The highest BCUT2D eigenvalue weighted by atomic mass is 32.1. The van der Waals surface area contributed by atoms with Gasteiger partial charge >= 0.3 is 5.97 Å². The van der Waals surface area contributed by atoms with E-state index in [-0.39, 0.29) is 37.2 Å². The number of rotatable bonds is 8. The molecule has 0 fully saturated rings. The Morgan fingerprint density at radius 1 is 1.04 bits per heavy atom. The number of para-hydroxylation sites is 1. The number of amides is 1. The molecule has 2 aromatic rings. The van der Waals surface area contributed by atoms with Crippen LogP contribution in [0.15, 0.2) is 42.5 Å². The Balaban J connectivity index is 1.83. The van der Waals surface area contributed by atoms with E-state index in [0.29, 0.717) is 4.88 Å². The van der Waals surface area contributed by atoms with Crippen molar-refractivity contribution in [3.63, 3.8) is 0 Å². The monoisotopic (exact) mass is 373 g/mol. The van der Waals surface area contributed by atoms with E-state index in [0.717, 1.165) is 10.6 Å². The summed E-state index contributed by atoms with van der Waals surface area (Å²) in [5.74, 6) is -0.920. The van der Waals surface area contributed by atoms with E-state index in [1.54, 1.807) is 11.0 Å². The SMILES string of the molecule is Cc1ccc(C(=O)CCC(=O)OCC(=O)N(c2ccccc2)C(C)C)s1. The lowest BCUT2D eigenvalue weighted by Crippen LogP contribution is -2.39. The predicted octanol–water partition coefficient (Wildman–Crippen LogP) is 4.00. The summed E-state index contributed by atoms with van der Waals surface area (Å²) in [5.41, 5.74) is 0.756. The highest BCUT2D eigenvalue weighted by Crippen LogP contribution is 2.18. The third kappa shape index (κ3) is 5.52. The molecule has 5 nitrogen and oxygen atoms in total. The number of thiophene rings is 1. The van der Waals surface area contributed by atoms with Crippen LogP contribution in [-0.4, -0.2) is 30.3 Å². The molecule has 0 unspecified atom stereocenters. The first-order valence-corrected chi connectivity index (χ1v) is 9.32. The molecule has 0 bridgehead atoms. The summed E-state index contributed by atoms with van der Waals surface area (Å²) >= 11 is 1.41. The first kappa shape index (κ1) is 19.8. The number of carbonyl (C=O) groups excluding carboxylic acids is 3. The second-order valence-corrected chi connectivity index (χ2v) is 7.48. The summed E-state index contributed by atoms with van der Waals surface area (Å²) in [6, 6.07) is 12.8. The molecular weight excluding hydrogens is 350 g/mol. The zero-order valence-corrected chi connectivity index (χ0v) is 16.0. The molecule has 0 aliphatic carbocycles. The molecule has 0 aliphatic rings. The van der Waals surface area contributed by atoms with Crippen LogP contribution in [0.5, 0.6) is 0 Å². The normalized spacial score (nSPS) is 10.6. The molecular formula is C20H23NO4S. The molecule has 138 valence electrons. The van der Waals surface area contributed by atoms with Gasteiger partial charge in [0.1, 0.15) is 0 Å². The Kier molecular flexibility index (Phi) is 7.09. The van der Waals surface area contributed by atoms with E-state index in [1.807, 2.05) is 57.2 Å². The van der Waals surface area contributed by atoms with Gasteiger partial charge in [0.05, 0.1) is 11.3 Å². The van der Waals surface area contributed by atoms with E-state index in [2.05, 4.69) is 0 Å². The standard InChI is InChI=1S/C20H23NO4S/c1-14(2)21(16-7-5-4-6-8-16)19(23)13-25-20(24)12-10-17(22)18-11-9-15(3)26-18/h4-9,11,14H,10,12-13H2,1-3H3. The zero-order valence-electron chi connectivity index (χ0n) is 15.2. The maximum Gasteiger partial charge on any atom is 0.306 e. The summed E-state index contributed by atoms with van der Waals surface area (Å²) in [7, 11) is 0. The van der Waals surface area contributed by atoms with Crippen molar-refractivity contribution < 1.29 is 19.1 Å². The molecule has 0 spiro atoms. The van der Waals surface area contributed by atoms with Crippen LogP contribution in [0.3, 0.4) is 0 Å². The minimum Gasteiger partial charge on any atom is -0.456 e. The predicted molar refractivity (Wildman–Crippen MR) is 103 cm³/mol. The van der Waals surface area contributed by atoms with Gasteiger partial charge in [-0.05, 0) is 45.0 Å². The highest BCUT2D eigenvalue weighted by Gasteiger charge is 2.20. The van der Waals surface area contributed by atoms with Gasteiger partial charge < -0.3 is 9.64 Å². The quantitative estimate of drug-likeness (QED) is 0.518.